The monoisotopic (exact) mass is 248 g/mol. The van der Waals surface area contributed by atoms with Crippen molar-refractivity contribution in [3.8, 4) is 0 Å². The molecule has 1 aliphatic carbocycles. The number of nitrogens with two attached hydrogens (primary N) is 1. The highest BCUT2D eigenvalue weighted by Gasteiger charge is 2.29. The third-order valence-corrected chi connectivity index (χ3v) is 3.61. The minimum Gasteiger partial charge on any atom is -0.399 e. The zero-order valence-corrected chi connectivity index (χ0v) is 10.7. The lowest BCUT2D eigenvalue weighted by Gasteiger charge is -2.37. The van der Waals surface area contributed by atoms with Crippen molar-refractivity contribution in [2.45, 2.75) is 32.2 Å². The number of rotatable bonds is 4. The topological polar surface area (TPSA) is 66.6 Å². The second-order valence-corrected chi connectivity index (χ2v) is 4.88. The van der Waals surface area contributed by atoms with E-state index in [0.29, 0.717) is 17.8 Å². The second kappa shape index (κ2) is 5.40. The molecule has 4 heteroatoms. The Morgan fingerprint density at radius 1 is 1.50 bits per heavy atom. The van der Waals surface area contributed by atoms with Crippen LogP contribution in [-0.4, -0.2) is 35.1 Å². The minimum atomic E-state index is -0.0152. The molecule has 18 heavy (non-hydrogen) atoms. The van der Waals surface area contributed by atoms with Gasteiger partial charge in [0.25, 0.3) is 5.91 Å². The van der Waals surface area contributed by atoms with E-state index in [1.807, 2.05) is 13.0 Å². The van der Waals surface area contributed by atoms with Crippen molar-refractivity contribution in [2.24, 2.45) is 0 Å². The number of anilines is 1. The number of carbonyl (C=O) groups is 1. The van der Waals surface area contributed by atoms with Crippen molar-refractivity contribution in [3.05, 3.63) is 29.3 Å². The van der Waals surface area contributed by atoms with Crippen molar-refractivity contribution in [3.63, 3.8) is 0 Å². The number of hydrogen-bond acceptors (Lipinski definition) is 3. The van der Waals surface area contributed by atoms with E-state index in [1.165, 1.54) is 0 Å². The SMILES string of the molecule is Cc1ccc(N)cc1C(=O)N(CCO)C1CCC1. The lowest BCUT2D eigenvalue weighted by Crippen LogP contribution is -2.45. The van der Waals surface area contributed by atoms with Crippen LogP contribution < -0.4 is 5.73 Å². The maximum atomic E-state index is 12.5. The van der Waals surface area contributed by atoms with E-state index in [-0.39, 0.29) is 18.6 Å². The average Bonchev–Trinajstić information content (AvgIpc) is 2.28. The molecule has 0 spiro atoms. The normalized spacial score (nSPS) is 15.2. The van der Waals surface area contributed by atoms with Gasteiger partial charge >= 0.3 is 0 Å². The predicted octanol–water partition coefficient (Wildman–Crippen LogP) is 1.56. The highest BCUT2D eigenvalue weighted by Crippen LogP contribution is 2.27. The van der Waals surface area contributed by atoms with Gasteiger partial charge in [-0.2, -0.15) is 0 Å². The summed E-state index contributed by atoms with van der Waals surface area (Å²) in [5.41, 5.74) is 7.92. The van der Waals surface area contributed by atoms with Crippen molar-refractivity contribution >= 4 is 11.6 Å². The Kier molecular flexibility index (Phi) is 3.87. The molecule has 0 radical (unpaired) electrons. The molecule has 1 fully saturated rings. The van der Waals surface area contributed by atoms with Gasteiger partial charge in [-0.3, -0.25) is 4.79 Å². The zero-order valence-electron chi connectivity index (χ0n) is 10.7. The largest absolute Gasteiger partial charge is 0.399 e. The Morgan fingerprint density at radius 2 is 2.22 bits per heavy atom. The minimum absolute atomic E-state index is 0.00357. The molecule has 4 nitrogen and oxygen atoms in total. The lowest BCUT2D eigenvalue weighted by molar-refractivity contribution is 0.0525. The van der Waals surface area contributed by atoms with Crippen LogP contribution >= 0.6 is 0 Å². The van der Waals surface area contributed by atoms with Gasteiger partial charge < -0.3 is 15.7 Å². The number of amides is 1. The van der Waals surface area contributed by atoms with Crippen LogP contribution in [0.2, 0.25) is 0 Å². The second-order valence-electron chi connectivity index (χ2n) is 4.88. The summed E-state index contributed by atoms with van der Waals surface area (Å²) in [4.78, 5) is 14.3. The molecule has 0 saturated heterocycles. The first-order chi connectivity index (χ1) is 8.63. The summed E-state index contributed by atoms with van der Waals surface area (Å²) in [5.74, 6) is -0.0152. The molecule has 1 aliphatic rings. The van der Waals surface area contributed by atoms with E-state index >= 15 is 0 Å². The fraction of sp³-hybridized carbons (Fsp3) is 0.500. The van der Waals surface area contributed by atoms with Crippen LogP contribution in [0.25, 0.3) is 0 Å². The number of aliphatic hydroxyl groups excluding tert-OH is 1. The van der Waals surface area contributed by atoms with E-state index in [0.717, 1.165) is 24.8 Å². The molecule has 2 rings (SSSR count). The molecule has 0 heterocycles. The van der Waals surface area contributed by atoms with Crippen LogP contribution in [0, 0.1) is 6.92 Å². The third kappa shape index (κ3) is 2.48. The van der Waals surface area contributed by atoms with E-state index < -0.39 is 0 Å². The molecule has 0 aromatic heterocycles. The molecule has 1 aromatic carbocycles. The van der Waals surface area contributed by atoms with Gasteiger partial charge in [-0.25, -0.2) is 0 Å². The first-order valence-electron chi connectivity index (χ1n) is 6.41. The summed E-state index contributed by atoms with van der Waals surface area (Å²) in [6, 6.07) is 5.66. The maximum Gasteiger partial charge on any atom is 0.254 e. The molecular formula is C14H20N2O2. The number of benzene rings is 1. The summed E-state index contributed by atoms with van der Waals surface area (Å²) >= 11 is 0. The van der Waals surface area contributed by atoms with Gasteiger partial charge in [0.2, 0.25) is 0 Å². The van der Waals surface area contributed by atoms with E-state index in [2.05, 4.69) is 0 Å². The highest BCUT2D eigenvalue weighted by atomic mass is 16.3. The Hall–Kier alpha value is -1.55. The fourth-order valence-electron chi connectivity index (χ4n) is 2.28. The molecule has 0 atom stereocenters. The Labute approximate surface area is 107 Å². The fourth-order valence-corrected chi connectivity index (χ4v) is 2.28. The molecule has 1 amide bonds. The van der Waals surface area contributed by atoms with Crippen LogP contribution in [0.5, 0.6) is 0 Å². The standard InChI is InChI=1S/C14H20N2O2/c1-10-5-6-11(15)9-13(10)14(18)16(7-8-17)12-3-2-4-12/h5-6,9,12,17H,2-4,7-8,15H2,1H3. The van der Waals surface area contributed by atoms with Gasteiger partial charge in [0.05, 0.1) is 6.61 Å². The highest BCUT2D eigenvalue weighted by molar-refractivity contribution is 5.96. The van der Waals surface area contributed by atoms with Gasteiger partial charge in [0, 0.05) is 23.8 Å². The first-order valence-corrected chi connectivity index (χ1v) is 6.41. The predicted molar refractivity (Wildman–Crippen MR) is 71.4 cm³/mol. The number of aliphatic hydroxyl groups is 1. The summed E-state index contributed by atoms with van der Waals surface area (Å²) in [7, 11) is 0. The molecule has 0 aliphatic heterocycles. The quantitative estimate of drug-likeness (QED) is 0.795. The molecule has 1 aromatic rings. The molecule has 0 unspecified atom stereocenters. The summed E-state index contributed by atoms with van der Waals surface area (Å²) in [6.07, 6.45) is 3.23. The van der Waals surface area contributed by atoms with E-state index in [4.69, 9.17) is 10.8 Å². The van der Waals surface area contributed by atoms with Gasteiger partial charge in [0.1, 0.15) is 0 Å². The smallest absolute Gasteiger partial charge is 0.254 e. The number of hydrogen-bond donors (Lipinski definition) is 2. The Bertz CT molecular complexity index is 441. The van der Waals surface area contributed by atoms with Crippen molar-refractivity contribution in [1.29, 1.82) is 0 Å². The summed E-state index contributed by atoms with van der Waals surface area (Å²) in [5, 5.41) is 9.11. The van der Waals surface area contributed by atoms with Gasteiger partial charge in [-0.1, -0.05) is 6.07 Å². The average molecular weight is 248 g/mol. The number of aryl methyl sites for hydroxylation is 1. The van der Waals surface area contributed by atoms with Crippen LogP contribution in [0.4, 0.5) is 5.69 Å². The number of carbonyl (C=O) groups excluding carboxylic acids is 1. The lowest BCUT2D eigenvalue weighted by atomic mass is 9.90. The van der Waals surface area contributed by atoms with Gasteiger partial charge in [-0.05, 0) is 43.9 Å². The molecule has 98 valence electrons. The van der Waals surface area contributed by atoms with Crippen LogP contribution in [0.15, 0.2) is 18.2 Å². The summed E-state index contributed by atoms with van der Waals surface area (Å²) in [6.45, 7) is 2.31. The zero-order chi connectivity index (χ0) is 13.1. The van der Waals surface area contributed by atoms with Crippen molar-refractivity contribution < 1.29 is 9.90 Å². The van der Waals surface area contributed by atoms with Crippen molar-refractivity contribution in [1.82, 2.24) is 4.90 Å². The van der Waals surface area contributed by atoms with Gasteiger partial charge in [-0.15, -0.1) is 0 Å². The Morgan fingerprint density at radius 3 is 2.78 bits per heavy atom. The maximum absolute atomic E-state index is 12.5. The molecule has 0 bridgehead atoms. The molecule has 1 saturated carbocycles. The van der Waals surface area contributed by atoms with E-state index in [9.17, 15) is 4.79 Å². The van der Waals surface area contributed by atoms with Crippen molar-refractivity contribution in [2.75, 3.05) is 18.9 Å². The number of nitrogens with zero attached hydrogens (tertiary/aromatic N) is 1. The molecular weight excluding hydrogens is 228 g/mol. The summed E-state index contributed by atoms with van der Waals surface area (Å²) < 4.78 is 0. The van der Waals surface area contributed by atoms with Crippen LogP contribution in [0.1, 0.15) is 35.2 Å². The third-order valence-electron chi connectivity index (χ3n) is 3.61. The van der Waals surface area contributed by atoms with Crippen LogP contribution in [-0.2, 0) is 0 Å². The van der Waals surface area contributed by atoms with E-state index in [1.54, 1.807) is 17.0 Å². The number of nitrogen functional groups attached to an aromatic ring is 1. The van der Waals surface area contributed by atoms with Crippen LogP contribution in [0.3, 0.4) is 0 Å². The molecule has 3 N–H and O–H groups in total. The first kappa shape index (κ1) is 12.9. The Balaban J connectivity index is 2.23. The van der Waals surface area contributed by atoms with Gasteiger partial charge in [0.15, 0.2) is 0 Å².